The highest BCUT2D eigenvalue weighted by Gasteiger charge is 2.07. The second kappa shape index (κ2) is 5.01. The van der Waals surface area contributed by atoms with E-state index in [0.29, 0.717) is 5.56 Å². The van der Waals surface area contributed by atoms with Gasteiger partial charge in [0.05, 0.1) is 5.56 Å². The van der Waals surface area contributed by atoms with E-state index in [1.165, 1.54) is 11.8 Å². The number of nitrogens with zero attached hydrogens (tertiary/aromatic N) is 1. The highest BCUT2D eigenvalue weighted by Crippen LogP contribution is 2.29. The lowest BCUT2D eigenvalue weighted by Crippen LogP contribution is -1.96. The number of pyridine rings is 1. The van der Waals surface area contributed by atoms with Crippen molar-refractivity contribution in [2.75, 3.05) is 0 Å². The number of hydrogen-bond acceptors (Lipinski definition) is 3. The number of aromatic carboxylic acids is 1. The van der Waals surface area contributed by atoms with Crippen molar-refractivity contribution in [1.82, 2.24) is 4.98 Å². The van der Waals surface area contributed by atoms with Crippen molar-refractivity contribution in [3.8, 4) is 0 Å². The van der Waals surface area contributed by atoms with Crippen LogP contribution in [0.2, 0.25) is 0 Å². The van der Waals surface area contributed by atoms with Crippen LogP contribution in [0.5, 0.6) is 0 Å². The summed E-state index contributed by atoms with van der Waals surface area (Å²) >= 11 is 1.53. The minimum atomic E-state index is -0.900. The molecule has 2 aromatic rings. The van der Waals surface area contributed by atoms with E-state index in [4.69, 9.17) is 5.11 Å². The smallest absolute Gasteiger partial charge is 0.335 e. The fourth-order valence-corrected chi connectivity index (χ4v) is 2.26. The van der Waals surface area contributed by atoms with Crippen LogP contribution in [0.15, 0.2) is 52.5 Å². The summed E-state index contributed by atoms with van der Waals surface area (Å²) in [4.78, 5) is 16.0. The summed E-state index contributed by atoms with van der Waals surface area (Å²) in [5.41, 5.74) is 1.26. The fourth-order valence-electron chi connectivity index (χ4n) is 1.42. The zero-order chi connectivity index (χ0) is 12.3. The lowest BCUT2D eigenvalue weighted by molar-refractivity contribution is 0.0696. The Morgan fingerprint density at radius 3 is 2.71 bits per heavy atom. The highest BCUT2D eigenvalue weighted by molar-refractivity contribution is 7.99. The van der Waals surface area contributed by atoms with Crippen molar-refractivity contribution < 1.29 is 9.90 Å². The SMILES string of the molecule is Cc1cc(C(=O)O)ccc1Sc1ccccn1. The molecular formula is C13H11NO2S. The van der Waals surface area contributed by atoms with E-state index < -0.39 is 5.97 Å². The molecule has 17 heavy (non-hydrogen) atoms. The number of rotatable bonds is 3. The second-order valence-electron chi connectivity index (χ2n) is 3.56. The third-order valence-corrected chi connectivity index (χ3v) is 3.40. The maximum Gasteiger partial charge on any atom is 0.335 e. The Morgan fingerprint density at radius 1 is 1.29 bits per heavy atom. The van der Waals surface area contributed by atoms with Gasteiger partial charge in [0.15, 0.2) is 0 Å². The van der Waals surface area contributed by atoms with Gasteiger partial charge in [0.25, 0.3) is 0 Å². The van der Waals surface area contributed by atoms with Crippen LogP contribution in [0, 0.1) is 6.92 Å². The molecule has 3 nitrogen and oxygen atoms in total. The maximum absolute atomic E-state index is 10.8. The van der Waals surface area contributed by atoms with Crippen molar-refractivity contribution in [2.45, 2.75) is 16.8 Å². The van der Waals surface area contributed by atoms with Crippen molar-refractivity contribution >= 4 is 17.7 Å². The lowest BCUT2D eigenvalue weighted by atomic mass is 10.1. The molecule has 0 aliphatic heterocycles. The molecule has 0 amide bonds. The zero-order valence-electron chi connectivity index (χ0n) is 9.25. The lowest BCUT2D eigenvalue weighted by Gasteiger charge is -2.05. The number of aromatic nitrogens is 1. The van der Waals surface area contributed by atoms with E-state index in [-0.39, 0.29) is 0 Å². The number of hydrogen-bond donors (Lipinski definition) is 1. The first-order chi connectivity index (χ1) is 8.16. The van der Waals surface area contributed by atoms with Gasteiger partial charge in [-0.25, -0.2) is 9.78 Å². The fraction of sp³-hybridized carbons (Fsp3) is 0.0769. The van der Waals surface area contributed by atoms with Gasteiger partial charge < -0.3 is 5.11 Å². The van der Waals surface area contributed by atoms with Crippen LogP contribution in [0.25, 0.3) is 0 Å². The Morgan fingerprint density at radius 2 is 2.12 bits per heavy atom. The van der Waals surface area contributed by atoms with Gasteiger partial charge in [-0.05, 0) is 42.8 Å². The summed E-state index contributed by atoms with van der Waals surface area (Å²) < 4.78 is 0. The largest absolute Gasteiger partial charge is 0.478 e. The van der Waals surface area contributed by atoms with Crippen LogP contribution in [0.4, 0.5) is 0 Å². The van der Waals surface area contributed by atoms with Crippen LogP contribution in [-0.4, -0.2) is 16.1 Å². The first kappa shape index (κ1) is 11.7. The normalized spacial score (nSPS) is 10.2. The summed E-state index contributed by atoms with van der Waals surface area (Å²) in [5.74, 6) is -0.900. The predicted molar refractivity (Wildman–Crippen MR) is 66.5 cm³/mol. The van der Waals surface area contributed by atoms with Gasteiger partial charge in [0, 0.05) is 11.1 Å². The quantitative estimate of drug-likeness (QED) is 0.901. The molecule has 0 bridgehead atoms. The van der Waals surface area contributed by atoms with Gasteiger partial charge in [-0.3, -0.25) is 0 Å². The van der Waals surface area contributed by atoms with Crippen LogP contribution in [0.1, 0.15) is 15.9 Å². The van der Waals surface area contributed by atoms with Gasteiger partial charge >= 0.3 is 5.97 Å². The molecule has 0 atom stereocenters. The summed E-state index contributed by atoms with van der Waals surface area (Å²) in [7, 11) is 0. The zero-order valence-corrected chi connectivity index (χ0v) is 10.1. The van der Waals surface area contributed by atoms with Gasteiger partial charge in [-0.2, -0.15) is 0 Å². The average molecular weight is 245 g/mol. The topological polar surface area (TPSA) is 50.2 Å². The molecule has 0 fully saturated rings. The summed E-state index contributed by atoms with van der Waals surface area (Å²) in [6.45, 7) is 1.90. The molecule has 1 aromatic heterocycles. The molecule has 0 spiro atoms. The van der Waals surface area contributed by atoms with Crippen LogP contribution in [-0.2, 0) is 0 Å². The molecule has 0 radical (unpaired) electrons. The second-order valence-corrected chi connectivity index (χ2v) is 4.62. The van der Waals surface area contributed by atoms with Gasteiger partial charge in [0.1, 0.15) is 5.03 Å². The summed E-state index contributed by atoms with van der Waals surface area (Å²) in [6.07, 6.45) is 1.74. The number of carboxylic acids is 1. The van der Waals surface area contributed by atoms with Gasteiger partial charge in [0.2, 0.25) is 0 Å². The minimum Gasteiger partial charge on any atom is -0.478 e. The third-order valence-electron chi connectivity index (χ3n) is 2.27. The predicted octanol–water partition coefficient (Wildman–Crippen LogP) is 3.24. The van der Waals surface area contributed by atoms with E-state index in [9.17, 15) is 4.79 Å². The van der Waals surface area contributed by atoms with E-state index in [1.54, 1.807) is 18.3 Å². The number of aryl methyl sites for hydroxylation is 1. The molecule has 2 rings (SSSR count). The van der Waals surface area contributed by atoms with E-state index in [2.05, 4.69) is 4.98 Å². The molecule has 0 saturated heterocycles. The number of carboxylic acid groups (broad SMARTS) is 1. The van der Waals surface area contributed by atoms with E-state index >= 15 is 0 Å². The molecule has 1 aromatic carbocycles. The average Bonchev–Trinajstić information content (AvgIpc) is 2.33. The molecule has 86 valence electrons. The monoisotopic (exact) mass is 245 g/mol. The Balaban J connectivity index is 2.26. The van der Waals surface area contributed by atoms with E-state index in [1.807, 2.05) is 31.2 Å². The molecule has 1 N–H and O–H groups in total. The van der Waals surface area contributed by atoms with E-state index in [0.717, 1.165) is 15.5 Å². The molecular weight excluding hydrogens is 234 g/mol. The highest BCUT2D eigenvalue weighted by atomic mass is 32.2. The minimum absolute atomic E-state index is 0.313. The van der Waals surface area contributed by atoms with Crippen molar-refractivity contribution in [2.24, 2.45) is 0 Å². The van der Waals surface area contributed by atoms with Crippen molar-refractivity contribution in [3.05, 3.63) is 53.7 Å². The molecule has 0 aliphatic rings. The Hall–Kier alpha value is -1.81. The standard InChI is InChI=1S/C13H11NO2S/c1-9-8-10(13(15)16)5-6-11(9)17-12-4-2-3-7-14-12/h2-8H,1H3,(H,15,16). The molecule has 1 heterocycles. The molecule has 4 heteroatoms. The summed E-state index contributed by atoms with van der Waals surface area (Å²) in [6, 6.07) is 10.8. The van der Waals surface area contributed by atoms with Crippen molar-refractivity contribution in [3.63, 3.8) is 0 Å². The molecule has 0 aliphatic carbocycles. The first-order valence-electron chi connectivity index (χ1n) is 5.09. The number of carbonyl (C=O) groups is 1. The first-order valence-corrected chi connectivity index (χ1v) is 5.91. The van der Waals surface area contributed by atoms with Gasteiger partial charge in [-0.15, -0.1) is 0 Å². The van der Waals surface area contributed by atoms with Crippen molar-refractivity contribution in [1.29, 1.82) is 0 Å². The molecule has 0 saturated carbocycles. The Kier molecular flexibility index (Phi) is 3.44. The molecule has 0 unspecified atom stereocenters. The maximum atomic E-state index is 10.8. The third kappa shape index (κ3) is 2.85. The Labute approximate surface area is 104 Å². The van der Waals surface area contributed by atoms with Crippen LogP contribution >= 0.6 is 11.8 Å². The van der Waals surface area contributed by atoms with Crippen LogP contribution < -0.4 is 0 Å². The van der Waals surface area contributed by atoms with Crippen LogP contribution in [0.3, 0.4) is 0 Å². The number of benzene rings is 1. The Bertz CT molecular complexity index is 540. The summed E-state index contributed by atoms with van der Waals surface area (Å²) in [5, 5.41) is 9.77. The van der Waals surface area contributed by atoms with Gasteiger partial charge in [-0.1, -0.05) is 17.8 Å².